The van der Waals surface area contributed by atoms with Crippen LogP contribution in [-0.4, -0.2) is 79.4 Å². The topological polar surface area (TPSA) is 98.4 Å². The molecular weight excluding hydrogens is 643 g/mol. The van der Waals surface area contributed by atoms with Gasteiger partial charge in [0, 0.05) is 36.2 Å². The summed E-state index contributed by atoms with van der Waals surface area (Å²) >= 11 is 2.28. The molecule has 9 nitrogen and oxygen atoms in total. The van der Waals surface area contributed by atoms with Crippen molar-refractivity contribution in [3.63, 3.8) is 0 Å². The van der Waals surface area contributed by atoms with E-state index in [1.165, 1.54) is 7.11 Å². The number of ether oxygens (including phenoxy) is 3. The van der Waals surface area contributed by atoms with Crippen LogP contribution in [-0.2, 0) is 19.0 Å². The highest BCUT2D eigenvalue weighted by Crippen LogP contribution is 2.44. The average Bonchev–Trinajstić information content (AvgIpc) is 3.22. The molecule has 0 bridgehead atoms. The molecule has 0 aliphatic heterocycles. The Balaban J connectivity index is 2.00. The lowest BCUT2D eigenvalue weighted by atomic mass is 9.70. The van der Waals surface area contributed by atoms with Gasteiger partial charge in [-0.2, -0.15) is 9.61 Å². The van der Waals surface area contributed by atoms with E-state index < -0.39 is 27.7 Å². The second kappa shape index (κ2) is 12.4. The van der Waals surface area contributed by atoms with Crippen LogP contribution in [0, 0.1) is 9.49 Å². The number of rotatable bonds is 12. The van der Waals surface area contributed by atoms with E-state index in [1.807, 2.05) is 17.6 Å². The minimum Gasteiger partial charge on any atom is -0.479 e. The molecule has 2 aromatic rings. The summed E-state index contributed by atoms with van der Waals surface area (Å²) in [5, 5.41) is 14.6. The molecule has 2 heterocycles. The molecule has 0 radical (unpaired) electrons. The molecule has 1 saturated carbocycles. The van der Waals surface area contributed by atoms with Crippen molar-refractivity contribution in [2.75, 3.05) is 25.5 Å². The Kier molecular flexibility index (Phi) is 10.3. The second-order valence-corrected chi connectivity index (χ2v) is 25.4. The first-order chi connectivity index (χ1) is 18.0. The zero-order valence-corrected chi connectivity index (χ0v) is 29.4. The van der Waals surface area contributed by atoms with Gasteiger partial charge in [-0.1, -0.05) is 46.2 Å². The van der Waals surface area contributed by atoms with Gasteiger partial charge in [-0.25, -0.2) is 9.78 Å². The van der Waals surface area contributed by atoms with Crippen LogP contribution in [0.5, 0.6) is 0 Å². The van der Waals surface area contributed by atoms with Crippen LogP contribution in [0.4, 0.5) is 5.82 Å². The number of methoxy groups -OCH3 is 1. The first kappa shape index (κ1) is 32.4. The largest absolute Gasteiger partial charge is 0.479 e. The summed E-state index contributed by atoms with van der Waals surface area (Å²) < 4.78 is 21.3. The Morgan fingerprint density at radius 1 is 1.18 bits per heavy atom. The molecular formula is C27H47IN4O5Si2. The number of hydrogen-bond donors (Lipinski definition) is 1. The molecule has 1 fully saturated rings. The van der Waals surface area contributed by atoms with Gasteiger partial charge >= 0.3 is 5.97 Å². The maximum Gasteiger partial charge on any atom is 0.336 e. The number of carboxylic acids is 1. The fraction of sp³-hybridized carbons (Fsp3) is 0.741. The van der Waals surface area contributed by atoms with Crippen LogP contribution in [0.15, 0.2) is 12.3 Å². The van der Waals surface area contributed by atoms with Crippen LogP contribution in [0.1, 0.15) is 51.6 Å². The van der Waals surface area contributed by atoms with E-state index in [0.717, 1.165) is 20.7 Å². The third kappa shape index (κ3) is 7.23. The van der Waals surface area contributed by atoms with Crippen LogP contribution >= 0.6 is 22.6 Å². The fourth-order valence-electron chi connectivity index (χ4n) is 4.79. The molecule has 39 heavy (non-hydrogen) atoms. The third-order valence-corrected chi connectivity index (χ3v) is 14.6. The number of hydrogen-bond acceptors (Lipinski definition) is 7. The van der Waals surface area contributed by atoms with Gasteiger partial charge in [0.2, 0.25) is 0 Å². The highest BCUT2D eigenvalue weighted by molar-refractivity contribution is 14.1. The summed E-state index contributed by atoms with van der Waals surface area (Å²) in [7, 11) is -1.50. The van der Waals surface area contributed by atoms with E-state index in [1.54, 1.807) is 0 Å². The molecule has 0 spiro atoms. The molecule has 12 heteroatoms. The van der Waals surface area contributed by atoms with Gasteiger partial charge < -0.3 is 24.2 Å². The third-order valence-electron chi connectivity index (χ3n) is 8.60. The number of aromatic nitrogens is 3. The van der Waals surface area contributed by atoms with Gasteiger partial charge in [0.1, 0.15) is 19.3 Å². The first-order valence-electron chi connectivity index (χ1n) is 13.8. The van der Waals surface area contributed by atoms with Crippen molar-refractivity contribution in [3.8, 4) is 0 Å². The fourth-order valence-corrected chi connectivity index (χ4v) is 6.42. The maximum absolute atomic E-state index is 12.1. The van der Waals surface area contributed by atoms with Crippen molar-refractivity contribution in [2.45, 2.75) is 102 Å². The molecule has 3 unspecified atom stereocenters. The van der Waals surface area contributed by atoms with Gasteiger partial charge in [-0.05, 0) is 61.6 Å². The number of carboxylic acid groups (broad SMARTS) is 1. The second-order valence-electron chi connectivity index (χ2n) is 13.2. The van der Waals surface area contributed by atoms with Gasteiger partial charge in [-0.15, -0.1) is 0 Å². The Bertz CT molecular complexity index is 1130. The van der Waals surface area contributed by atoms with E-state index in [2.05, 4.69) is 91.8 Å². The van der Waals surface area contributed by atoms with Gasteiger partial charge in [0.15, 0.2) is 11.2 Å². The zero-order chi connectivity index (χ0) is 29.3. The predicted molar refractivity (Wildman–Crippen MR) is 169 cm³/mol. The Labute approximate surface area is 249 Å². The number of anilines is 1. The van der Waals surface area contributed by atoms with Crippen molar-refractivity contribution in [1.29, 1.82) is 0 Å². The summed E-state index contributed by atoms with van der Waals surface area (Å²) in [5.41, 5.74) is 0.920. The molecule has 0 saturated heterocycles. The summed E-state index contributed by atoms with van der Waals surface area (Å²) in [5.74, 6) is -0.0541. The normalized spacial score (nSPS) is 24.1. The minimum absolute atomic E-state index is 0.113. The van der Waals surface area contributed by atoms with Crippen LogP contribution in [0.3, 0.4) is 0 Å². The monoisotopic (exact) mass is 690 g/mol. The smallest absolute Gasteiger partial charge is 0.336 e. The van der Waals surface area contributed by atoms with Crippen molar-refractivity contribution in [1.82, 2.24) is 14.6 Å². The number of aliphatic carboxylic acids is 1. The molecule has 1 aliphatic carbocycles. The highest BCUT2D eigenvalue weighted by atomic mass is 127. The van der Waals surface area contributed by atoms with Crippen molar-refractivity contribution in [2.24, 2.45) is 5.92 Å². The van der Waals surface area contributed by atoms with Gasteiger partial charge in [0.05, 0.1) is 25.9 Å². The number of halogens is 1. The van der Waals surface area contributed by atoms with Crippen LogP contribution in [0.25, 0.3) is 5.65 Å². The number of nitrogens with zero attached hydrogens (tertiary/aromatic N) is 4. The molecule has 0 aromatic carbocycles. The zero-order valence-electron chi connectivity index (χ0n) is 25.2. The minimum atomic E-state index is -1.50. The Hall–Kier alpha value is -1.07. The lowest BCUT2D eigenvalue weighted by molar-refractivity contribution is -0.174. The number of fused-ring (bicyclic) bond motifs is 1. The quantitative estimate of drug-likeness (QED) is 0.165. The summed E-state index contributed by atoms with van der Waals surface area (Å²) in [6.07, 6.45) is 3.64. The Morgan fingerprint density at radius 2 is 1.74 bits per heavy atom. The summed E-state index contributed by atoms with van der Waals surface area (Å²) in [4.78, 5) is 19.3. The first-order valence-corrected chi connectivity index (χ1v) is 22.1. The highest BCUT2D eigenvalue weighted by Gasteiger charge is 2.48. The van der Waals surface area contributed by atoms with Crippen molar-refractivity contribution in [3.05, 3.63) is 21.5 Å². The average molecular weight is 691 g/mol. The maximum atomic E-state index is 12.1. The van der Waals surface area contributed by atoms with E-state index in [-0.39, 0.29) is 23.3 Å². The van der Waals surface area contributed by atoms with E-state index >= 15 is 0 Å². The van der Waals surface area contributed by atoms with Crippen LogP contribution in [0.2, 0.25) is 39.3 Å². The van der Waals surface area contributed by atoms with Gasteiger partial charge in [-0.3, -0.25) is 0 Å². The van der Waals surface area contributed by atoms with Gasteiger partial charge in [0.25, 0.3) is 0 Å². The molecule has 5 atom stereocenters. The Morgan fingerprint density at radius 3 is 2.21 bits per heavy atom. The van der Waals surface area contributed by atoms with Crippen molar-refractivity contribution >= 4 is 56.2 Å². The summed E-state index contributed by atoms with van der Waals surface area (Å²) in [6, 6.07) is 2.10. The van der Waals surface area contributed by atoms with E-state index in [4.69, 9.17) is 19.2 Å². The molecule has 1 aliphatic rings. The molecule has 1 N–H and O–H groups in total. The number of carbonyl (C=O) groups is 1. The van der Waals surface area contributed by atoms with E-state index in [9.17, 15) is 9.90 Å². The molecule has 220 valence electrons. The molecule has 0 amide bonds. The molecule has 3 rings (SSSR count). The molecule has 2 aromatic heterocycles. The summed E-state index contributed by atoms with van der Waals surface area (Å²) in [6.45, 7) is 20.9. The lowest BCUT2D eigenvalue weighted by Crippen LogP contribution is -2.49. The SMILES string of the molecule is CO[C@@]1(C(=O)O)CC[C@H](c2cc(N(COC(C)[Si](C)(C)C)COC(C)[Si](C)(C)C)n3ncc(I)c3n2)CC1C. The van der Waals surface area contributed by atoms with Crippen molar-refractivity contribution < 1.29 is 24.1 Å². The standard InChI is InChI=1S/C27H47IN4O5Si2/c1-18-13-21(11-12-27(18,35-4)26(33)34)23-14-24(32-25(30-23)22(28)15-29-32)31(16-36-19(2)38(5,6)7)17-37-20(3)39(8,9)10/h14-15,18-21H,11-13,16-17H2,1-10H3,(H,33,34)/t18?,19?,20?,21-,27-/m0/s1. The van der Waals surface area contributed by atoms with Crippen LogP contribution < -0.4 is 4.90 Å². The van der Waals surface area contributed by atoms with E-state index in [0.29, 0.717) is 32.7 Å². The predicted octanol–water partition coefficient (Wildman–Crippen LogP) is 5.99. The lowest BCUT2D eigenvalue weighted by Gasteiger charge is -2.41.